The molecule has 1 unspecified atom stereocenters. The first kappa shape index (κ1) is 19.0. The Hall–Kier alpha value is -2.78. The van der Waals surface area contributed by atoms with Crippen LogP contribution in [0.4, 0.5) is 0 Å². The van der Waals surface area contributed by atoms with Crippen LogP contribution in [-0.4, -0.2) is 96.0 Å². The molecule has 2 aliphatic rings. The van der Waals surface area contributed by atoms with E-state index in [1.807, 2.05) is 0 Å². The van der Waals surface area contributed by atoms with E-state index in [0.717, 1.165) is 4.90 Å². The van der Waals surface area contributed by atoms with Crippen LogP contribution < -0.4 is 0 Å². The maximum Gasteiger partial charge on any atom is 0.317 e. The average molecular weight is 375 g/mol. The van der Waals surface area contributed by atoms with Crippen molar-refractivity contribution in [3.8, 4) is 0 Å². The standard InChI is InChI=1S/C18H21N3O6/c1-19(11-16(23)24)8-12-9-20(6-7-27-12)15(22)10-21-17(25)13-4-2-3-5-14(13)18(21)26/h2-5,12H,6-11H2,1H3,(H,23,24). The highest BCUT2D eigenvalue weighted by molar-refractivity contribution is 6.22. The molecule has 144 valence electrons. The van der Waals surface area contributed by atoms with Crippen LogP contribution in [0.2, 0.25) is 0 Å². The lowest BCUT2D eigenvalue weighted by Crippen LogP contribution is -2.52. The number of likely N-dealkylation sites (N-methyl/N-ethyl adjacent to an activating group) is 1. The number of carbonyl (C=O) groups is 4. The smallest absolute Gasteiger partial charge is 0.317 e. The van der Waals surface area contributed by atoms with E-state index in [4.69, 9.17) is 9.84 Å². The normalized spacial score (nSPS) is 19.6. The van der Waals surface area contributed by atoms with Crippen molar-refractivity contribution in [3.63, 3.8) is 0 Å². The number of nitrogens with zero attached hydrogens (tertiary/aromatic N) is 3. The van der Waals surface area contributed by atoms with Gasteiger partial charge in [0.05, 0.1) is 30.4 Å². The van der Waals surface area contributed by atoms with Crippen LogP contribution in [-0.2, 0) is 14.3 Å². The SMILES string of the molecule is CN(CC(=O)O)CC1CN(C(=O)CN2C(=O)c3ccccc3C2=O)CCO1. The predicted octanol–water partition coefficient (Wildman–Crippen LogP) is -0.474. The minimum absolute atomic E-state index is 0.122. The molecule has 1 aromatic carbocycles. The Kier molecular flexibility index (Phi) is 5.52. The van der Waals surface area contributed by atoms with Gasteiger partial charge in [-0.1, -0.05) is 12.1 Å². The molecule has 3 amide bonds. The number of fused-ring (bicyclic) bond motifs is 1. The highest BCUT2D eigenvalue weighted by Gasteiger charge is 2.37. The first-order valence-corrected chi connectivity index (χ1v) is 8.61. The fourth-order valence-electron chi connectivity index (χ4n) is 3.32. The minimum atomic E-state index is -0.938. The van der Waals surface area contributed by atoms with Gasteiger partial charge in [-0.3, -0.25) is 29.0 Å². The zero-order chi connectivity index (χ0) is 19.6. The summed E-state index contributed by atoms with van der Waals surface area (Å²) in [4.78, 5) is 52.3. The summed E-state index contributed by atoms with van der Waals surface area (Å²) in [7, 11) is 1.66. The van der Waals surface area contributed by atoms with Crippen molar-refractivity contribution in [1.82, 2.24) is 14.7 Å². The van der Waals surface area contributed by atoms with Gasteiger partial charge in [-0.05, 0) is 19.2 Å². The lowest BCUT2D eigenvalue weighted by Gasteiger charge is -2.35. The van der Waals surface area contributed by atoms with Gasteiger partial charge < -0.3 is 14.7 Å². The van der Waals surface area contributed by atoms with E-state index in [1.165, 1.54) is 0 Å². The molecule has 1 atom stereocenters. The third-order valence-corrected chi connectivity index (χ3v) is 4.58. The molecule has 0 saturated carbocycles. The zero-order valence-corrected chi connectivity index (χ0v) is 15.0. The van der Waals surface area contributed by atoms with E-state index in [-0.39, 0.29) is 31.6 Å². The Bertz CT molecular complexity index is 745. The summed E-state index contributed by atoms with van der Waals surface area (Å²) in [5.74, 6) is -2.20. The van der Waals surface area contributed by atoms with Crippen LogP contribution in [0.5, 0.6) is 0 Å². The molecule has 0 radical (unpaired) electrons. The van der Waals surface area contributed by atoms with Crippen molar-refractivity contribution in [2.45, 2.75) is 6.10 Å². The lowest BCUT2D eigenvalue weighted by molar-refractivity contribution is -0.142. The molecular formula is C18H21N3O6. The molecule has 2 heterocycles. The van der Waals surface area contributed by atoms with Crippen LogP contribution >= 0.6 is 0 Å². The van der Waals surface area contributed by atoms with E-state index in [0.29, 0.717) is 30.8 Å². The van der Waals surface area contributed by atoms with E-state index < -0.39 is 17.8 Å². The fourth-order valence-corrected chi connectivity index (χ4v) is 3.32. The molecule has 0 bridgehead atoms. The van der Waals surface area contributed by atoms with Crippen molar-refractivity contribution < 1.29 is 29.0 Å². The van der Waals surface area contributed by atoms with Crippen molar-refractivity contribution >= 4 is 23.7 Å². The number of imide groups is 1. The Morgan fingerprint density at radius 2 is 1.85 bits per heavy atom. The summed E-state index contributed by atoms with van der Waals surface area (Å²) in [5, 5.41) is 8.82. The molecular weight excluding hydrogens is 354 g/mol. The van der Waals surface area contributed by atoms with E-state index in [9.17, 15) is 19.2 Å². The maximum absolute atomic E-state index is 12.6. The van der Waals surface area contributed by atoms with Gasteiger partial charge in [0.25, 0.3) is 11.8 Å². The van der Waals surface area contributed by atoms with Gasteiger partial charge in [0.1, 0.15) is 6.54 Å². The van der Waals surface area contributed by atoms with Crippen molar-refractivity contribution in [3.05, 3.63) is 35.4 Å². The molecule has 1 saturated heterocycles. The van der Waals surface area contributed by atoms with Crippen LogP contribution in [0.3, 0.4) is 0 Å². The number of carboxylic acids is 1. The molecule has 1 fully saturated rings. The molecule has 1 N–H and O–H groups in total. The number of aliphatic carboxylic acids is 1. The van der Waals surface area contributed by atoms with Gasteiger partial charge >= 0.3 is 5.97 Å². The van der Waals surface area contributed by atoms with Gasteiger partial charge in [0.15, 0.2) is 0 Å². The number of ether oxygens (including phenoxy) is 1. The van der Waals surface area contributed by atoms with Crippen molar-refractivity contribution in [2.75, 3.05) is 46.4 Å². The Morgan fingerprint density at radius 3 is 2.44 bits per heavy atom. The summed E-state index contributed by atoms with van der Waals surface area (Å²) in [5.41, 5.74) is 0.621. The van der Waals surface area contributed by atoms with E-state index in [1.54, 1.807) is 41.1 Å². The quantitative estimate of drug-likeness (QED) is 0.670. The largest absolute Gasteiger partial charge is 0.480 e. The van der Waals surface area contributed by atoms with Gasteiger partial charge in [-0.15, -0.1) is 0 Å². The number of carbonyl (C=O) groups excluding carboxylic acids is 3. The minimum Gasteiger partial charge on any atom is -0.480 e. The number of carboxylic acid groups (broad SMARTS) is 1. The summed E-state index contributed by atoms with van der Waals surface area (Å²) < 4.78 is 5.60. The fraction of sp³-hybridized carbons (Fsp3) is 0.444. The second kappa shape index (κ2) is 7.85. The molecule has 3 rings (SSSR count). The third-order valence-electron chi connectivity index (χ3n) is 4.58. The maximum atomic E-state index is 12.6. The molecule has 0 aromatic heterocycles. The second-order valence-electron chi connectivity index (χ2n) is 6.67. The Morgan fingerprint density at radius 1 is 1.22 bits per heavy atom. The number of hydrogen-bond acceptors (Lipinski definition) is 6. The number of hydrogen-bond donors (Lipinski definition) is 1. The Labute approximate surface area is 156 Å². The van der Waals surface area contributed by atoms with Crippen molar-refractivity contribution in [2.24, 2.45) is 0 Å². The Balaban J connectivity index is 1.59. The van der Waals surface area contributed by atoms with Crippen LogP contribution in [0.1, 0.15) is 20.7 Å². The molecule has 9 heteroatoms. The van der Waals surface area contributed by atoms with Crippen LogP contribution in [0, 0.1) is 0 Å². The van der Waals surface area contributed by atoms with Crippen LogP contribution in [0.25, 0.3) is 0 Å². The number of rotatable bonds is 6. The highest BCUT2D eigenvalue weighted by atomic mass is 16.5. The zero-order valence-electron chi connectivity index (χ0n) is 15.0. The summed E-state index contributed by atoms with van der Waals surface area (Å²) in [6, 6.07) is 6.50. The van der Waals surface area contributed by atoms with Gasteiger partial charge in [0.2, 0.25) is 5.91 Å². The topological polar surface area (TPSA) is 107 Å². The molecule has 27 heavy (non-hydrogen) atoms. The first-order chi connectivity index (χ1) is 12.9. The lowest BCUT2D eigenvalue weighted by atomic mass is 10.1. The second-order valence-corrected chi connectivity index (χ2v) is 6.67. The van der Waals surface area contributed by atoms with Crippen LogP contribution in [0.15, 0.2) is 24.3 Å². The number of amides is 3. The summed E-state index contributed by atoms with van der Waals surface area (Å²) in [6.45, 7) is 0.891. The van der Waals surface area contributed by atoms with Gasteiger partial charge in [-0.25, -0.2) is 0 Å². The number of benzene rings is 1. The molecule has 0 aliphatic carbocycles. The molecule has 2 aliphatic heterocycles. The van der Waals surface area contributed by atoms with E-state index >= 15 is 0 Å². The van der Waals surface area contributed by atoms with Crippen molar-refractivity contribution in [1.29, 1.82) is 0 Å². The molecule has 9 nitrogen and oxygen atoms in total. The first-order valence-electron chi connectivity index (χ1n) is 8.61. The summed E-state index contributed by atoms with van der Waals surface area (Å²) in [6.07, 6.45) is -0.325. The average Bonchev–Trinajstić information content (AvgIpc) is 2.86. The van der Waals surface area contributed by atoms with E-state index in [2.05, 4.69) is 0 Å². The number of morpholine rings is 1. The monoisotopic (exact) mass is 375 g/mol. The highest BCUT2D eigenvalue weighted by Crippen LogP contribution is 2.22. The predicted molar refractivity (Wildman–Crippen MR) is 93.3 cm³/mol. The van der Waals surface area contributed by atoms with Gasteiger partial charge in [0, 0.05) is 19.6 Å². The molecule has 1 aromatic rings. The third kappa shape index (κ3) is 4.15. The molecule has 0 spiro atoms. The van der Waals surface area contributed by atoms with Gasteiger partial charge in [-0.2, -0.15) is 0 Å². The summed E-state index contributed by atoms with van der Waals surface area (Å²) >= 11 is 0.